The number of amides is 3. The lowest BCUT2D eigenvalue weighted by atomic mass is 10.0. The maximum atomic E-state index is 13.0. The Labute approximate surface area is 219 Å². The van der Waals surface area contributed by atoms with Crippen LogP contribution >= 0.6 is 22.7 Å². The number of carbonyl (C=O) groups excluding carboxylic acids is 5. The predicted molar refractivity (Wildman–Crippen MR) is 135 cm³/mol. The predicted octanol–water partition coefficient (Wildman–Crippen LogP) is 3.18. The van der Waals surface area contributed by atoms with E-state index in [1.54, 1.807) is 33.0 Å². The molecule has 12 nitrogen and oxygen atoms in total. The zero-order valence-corrected chi connectivity index (χ0v) is 21.8. The fourth-order valence-corrected chi connectivity index (χ4v) is 5.04. The Morgan fingerprint density at radius 1 is 0.946 bits per heavy atom. The van der Waals surface area contributed by atoms with Crippen LogP contribution < -0.4 is 10.6 Å². The summed E-state index contributed by atoms with van der Waals surface area (Å²) in [5, 5.41) is 4.93. The zero-order chi connectivity index (χ0) is 26.9. The van der Waals surface area contributed by atoms with E-state index in [0.717, 1.165) is 27.4 Å². The molecule has 0 unspecified atom stereocenters. The standard InChI is InChI=1S/C23H24N4O8S2/c1-4-33-21(30)14(22(31)34-5-2)10-12-9-13(17(28)27-23(32)35-6-3)19(36-12)26-18(29)20-25-15-11-24-8-7-16(15)37-20/h7-9,11,14H,4-6,10H2,1-3H3,(H,26,29)(H,27,28,32). The first-order chi connectivity index (χ1) is 17.8. The van der Waals surface area contributed by atoms with Crippen molar-refractivity contribution in [3.8, 4) is 0 Å². The van der Waals surface area contributed by atoms with Gasteiger partial charge < -0.3 is 19.5 Å². The molecule has 3 rings (SSSR count). The molecule has 3 aromatic heterocycles. The summed E-state index contributed by atoms with van der Waals surface area (Å²) in [5.74, 6) is -4.26. The number of fused-ring (bicyclic) bond motifs is 1. The van der Waals surface area contributed by atoms with Crippen molar-refractivity contribution in [1.82, 2.24) is 15.3 Å². The van der Waals surface area contributed by atoms with Crippen molar-refractivity contribution in [3.63, 3.8) is 0 Å². The Morgan fingerprint density at radius 2 is 1.62 bits per heavy atom. The molecule has 0 fully saturated rings. The van der Waals surface area contributed by atoms with Crippen LogP contribution in [-0.4, -0.2) is 59.6 Å². The molecule has 0 aliphatic heterocycles. The minimum absolute atomic E-state index is 0.0464. The van der Waals surface area contributed by atoms with Gasteiger partial charge in [-0.05, 0) is 32.9 Å². The third-order valence-corrected chi connectivity index (χ3v) is 6.79. The van der Waals surface area contributed by atoms with Crippen molar-refractivity contribution in [1.29, 1.82) is 0 Å². The first-order valence-corrected chi connectivity index (χ1v) is 12.9. The number of nitrogens with one attached hydrogen (secondary N) is 2. The summed E-state index contributed by atoms with van der Waals surface area (Å²) in [6, 6.07) is 3.10. The number of pyridine rings is 1. The molecule has 0 aromatic carbocycles. The van der Waals surface area contributed by atoms with Crippen LogP contribution in [0.25, 0.3) is 10.2 Å². The Hall–Kier alpha value is -3.91. The second-order valence-corrected chi connectivity index (χ2v) is 9.37. The van der Waals surface area contributed by atoms with Gasteiger partial charge in [0.25, 0.3) is 11.8 Å². The van der Waals surface area contributed by atoms with E-state index in [-0.39, 0.29) is 41.8 Å². The summed E-state index contributed by atoms with van der Waals surface area (Å²) >= 11 is 2.10. The van der Waals surface area contributed by atoms with Gasteiger partial charge in [-0.2, -0.15) is 0 Å². The molecule has 0 atom stereocenters. The lowest BCUT2D eigenvalue weighted by Gasteiger charge is -2.13. The molecule has 0 radical (unpaired) electrons. The van der Waals surface area contributed by atoms with Crippen LogP contribution in [0.5, 0.6) is 0 Å². The molecule has 0 saturated heterocycles. The van der Waals surface area contributed by atoms with E-state index in [1.807, 2.05) is 0 Å². The highest BCUT2D eigenvalue weighted by Crippen LogP contribution is 2.32. The van der Waals surface area contributed by atoms with E-state index < -0.39 is 35.8 Å². The Kier molecular flexibility index (Phi) is 9.63. The maximum Gasteiger partial charge on any atom is 0.414 e. The van der Waals surface area contributed by atoms with Crippen molar-refractivity contribution in [2.45, 2.75) is 27.2 Å². The molecular weight excluding hydrogens is 524 g/mol. The van der Waals surface area contributed by atoms with Gasteiger partial charge in [-0.3, -0.25) is 29.5 Å². The largest absolute Gasteiger partial charge is 0.465 e. The van der Waals surface area contributed by atoms with Gasteiger partial charge in [-0.25, -0.2) is 9.78 Å². The fraction of sp³-hybridized carbons (Fsp3) is 0.348. The normalized spacial score (nSPS) is 10.7. The van der Waals surface area contributed by atoms with Crippen molar-refractivity contribution < 1.29 is 38.2 Å². The van der Waals surface area contributed by atoms with Crippen LogP contribution in [0.2, 0.25) is 0 Å². The molecule has 3 amide bonds. The number of ether oxygens (including phenoxy) is 3. The quantitative estimate of drug-likeness (QED) is 0.218. The Balaban J connectivity index is 1.92. The molecular formula is C23H24N4O8S2. The summed E-state index contributed by atoms with van der Waals surface area (Å²) in [7, 11) is 0. The van der Waals surface area contributed by atoms with Crippen LogP contribution in [0.1, 0.15) is 45.8 Å². The SMILES string of the molecule is CCOC(=O)NC(=O)c1cc(CC(C(=O)OCC)C(=O)OCC)sc1NC(=O)c1nc2cnccc2s1. The van der Waals surface area contributed by atoms with E-state index in [9.17, 15) is 24.0 Å². The highest BCUT2D eigenvalue weighted by atomic mass is 32.1. The second kappa shape index (κ2) is 12.9. The molecule has 196 valence electrons. The third-order valence-electron chi connectivity index (χ3n) is 4.68. The van der Waals surface area contributed by atoms with Crippen LogP contribution in [-0.2, 0) is 30.2 Å². The van der Waals surface area contributed by atoms with Crippen LogP contribution in [0.3, 0.4) is 0 Å². The molecule has 37 heavy (non-hydrogen) atoms. The van der Waals surface area contributed by atoms with Crippen LogP contribution in [0, 0.1) is 5.92 Å². The smallest absolute Gasteiger partial charge is 0.414 e. The summed E-state index contributed by atoms with van der Waals surface area (Å²) < 4.78 is 15.5. The van der Waals surface area contributed by atoms with Crippen molar-refractivity contribution >= 4 is 67.7 Å². The topological polar surface area (TPSA) is 163 Å². The second-order valence-electron chi connectivity index (χ2n) is 7.21. The van der Waals surface area contributed by atoms with Crippen molar-refractivity contribution in [2.24, 2.45) is 5.92 Å². The molecule has 0 aliphatic carbocycles. The number of imide groups is 1. The number of thiazole rings is 1. The number of rotatable bonds is 10. The van der Waals surface area contributed by atoms with E-state index in [0.29, 0.717) is 10.4 Å². The van der Waals surface area contributed by atoms with Gasteiger partial charge in [0.05, 0.1) is 36.3 Å². The van der Waals surface area contributed by atoms with E-state index in [4.69, 9.17) is 14.2 Å². The van der Waals surface area contributed by atoms with Crippen molar-refractivity contribution in [2.75, 3.05) is 25.1 Å². The zero-order valence-electron chi connectivity index (χ0n) is 20.2. The number of anilines is 1. The molecule has 2 N–H and O–H groups in total. The minimum Gasteiger partial charge on any atom is -0.465 e. The fourth-order valence-electron chi connectivity index (χ4n) is 3.11. The van der Waals surface area contributed by atoms with Gasteiger partial charge in [0.1, 0.15) is 10.5 Å². The molecule has 3 aromatic rings. The number of aromatic nitrogens is 2. The van der Waals surface area contributed by atoms with Gasteiger partial charge in [0.15, 0.2) is 10.9 Å². The van der Waals surface area contributed by atoms with Gasteiger partial charge in [0.2, 0.25) is 0 Å². The molecule has 0 saturated carbocycles. The van der Waals surface area contributed by atoms with Crippen LogP contribution in [0.15, 0.2) is 24.5 Å². The summed E-state index contributed by atoms with van der Waals surface area (Å²) in [5.41, 5.74) is 0.479. The summed E-state index contributed by atoms with van der Waals surface area (Å²) in [6.45, 7) is 4.96. The highest BCUT2D eigenvalue weighted by Gasteiger charge is 2.32. The molecule has 0 aliphatic rings. The number of carbonyl (C=O) groups is 5. The number of hydrogen-bond acceptors (Lipinski definition) is 12. The number of hydrogen-bond donors (Lipinski definition) is 2. The number of thiophene rings is 1. The number of alkyl carbamates (subject to hydrolysis) is 1. The lowest BCUT2D eigenvalue weighted by molar-refractivity contribution is -0.161. The van der Waals surface area contributed by atoms with E-state index in [2.05, 4.69) is 20.6 Å². The average Bonchev–Trinajstić information content (AvgIpc) is 3.47. The summed E-state index contributed by atoms with van der Waals surface area (Å²) in [4.78, 5) is 71.0. The highest BCUT2D eigenvalue weighted by molar-refractivity contribution is 7.20. The molecule has 0 bridgehead atoms. The average molecular weight is 549 g/mol. The van der Waals surface area contributed by atoms with Crippen molar-refractivity contribution in [3.05, 3.63) is 40.0 Å². The van der Waals surface area contributed by atoms with Gasteiger partial charge in [-0.1, -0.05) is 0 Å². The molecule has 3 heterocycles. The number of esters is 2. The van der Waals surface area contributed by atoms with Crippen LogP contribution in [0.4, 0.5) is 9.80 Å². The van der Waals surface area contributed by atoms with E-state index in [1.165, 1.54) is 12.3 Å². The monoisotopic (exact) mass is 548 g/mol. The van der Waals surface area contributed by atoms with Gasteiger partial charge >= 0.3 is 18.0 Å². The third kappa shape index (κ3) is 7.07. The maximum absolute atomic E-state index is 13.0. The number of nitrogens with zero attached hydrogens (tertiary/aromatic N) is 2. The van der Waals surface area contributed by atoms with Gasteiger partial charge in [-0.15, -0.1) is 22.7 Å². The molecule has 14 heteroatoms. The first-order valence-electron chi connectivity index (χ1n) is 11.2. The first kappa shape index (κ1) is 27.7. The van der Waals surface area contributed by atoms with E-state index >= 15 is 0 Å². The Bertz CT molecular complexity index is 1270. The van der Waals surface area contributed by atoms with Gasteiger partial charge in [0, 0.05) is 17.5 Å². The molecule has 0 spiro atoms. The minimum atomic E-state index is -1.28. The summed E-state index contributed by atoms with van der Waals surface area (Å²) in [6.07, 6.45) is 1.99. The lowest BCUT2D eigenvalue weighted by Crippen LogP contribution is -2.31. The Morgan fingerprint density at radius 3 is 2.24 bits per heavy atom.